The lowest BCUT2D eigenvalue weighted by molar-refractivity contribution is -0.00631. The highest BCUT2D eigenvalue weighted by Gasteiger charge is 2.53. The van der Waals surface area contributed by atoms with Crippen LogP contribution in [0.5, 0.6) is 11.5 Å². The van der Waals surface area contributed by atoms with Gasteiger partial charge >= 0.3 is 0 Å². The van der Waals surface area contributed by atoms with Gasteiger partial charge in [0.2, 0.25) is 0 Å². The Morgan fingerprint density at radius 3 is 1.19 bits per heavy atom. The van der Waals surface area contributed by atoms with E-state index in [2.05, 4.69) is 48.1 Å². The van der Waals surface area contributed by atoms with Gasteiger partial charge in [-0.25, -0.2) is 0 Å². The third-order valence-corrected chi connectivity index (χ3v) is 12.6. The van der Waals surface area contributed by atoms with Crippen LogP contribution >= 0.6 is 0 Å². The number of aromatic hydroxyl groups is 2. The van der Waals surface area contributed by atoms with E-state index in [9.17, 15) is 10.2 Å². The van der Waals surface area contributed by atoms with Gasteiger partial charge in [0.15, 0.2) is 0 Å². The molecule has 222 valence electrons. The van der Waals surface area contributed by atoms with Crippen molar-refractivity contribution in [3.8, 4) is 11.5 Å². The van der Waals surface area contributed by atoms with Crippen LogP contribution in [0.3, 0.4) is 0 Å². The number of benzene rings is 2. The molecular weight excluding hydrogens is 516 g/mol. The fourth-order valence-electron chi connectivity index (χ4n) is 11.9. The minimum atomic E-state index is 0.169. The van der Waals surface area contributed by atoms with Crippen molar-refractivity contribution >= 4 is 12.4 Å². The van der Waals surface area contributed by atoms with Crippen LogP contribution in [-0.2, 0) is 10.8 Å². The average Bonchev–Trinajstić information content (AvgIpc) is 2.92. The standard InChI is InChI=1S/C38H48N2O2/c1-23-5-31(35(41)33(7-23)37-15-25-9-26(16-37)11-27(10-25)17-37)21-39-3-4-40-22-32-6-24(2)8-34(36(32)42)38-18-28-12-29(19-38)14-30(13-28)20-38/h5-8,21-22,25-30,41-42H,3-4,9-20H2,1-2H3/b39-21+,40-22+. The number of phenols is 2. The molecule has 0 unspecified atom stereocenters. The molecule has 0 saturated heterocycles. The SMILES string of the molecule is Cc1cc(/C=N/CC/N=C/c2cc(C)cc(C34CC5CC(CC(C5)C3)C4)c2O)c(O)c(C23CC4CC(CC(C4)C2)C3)c1. The van der Waals surface area contributed by atoms with Crippen molar-refractivity contribution in [3.05, 3.63) is 57.6 Å². The highest BCUT2D eigenvalue weighted by molar-refractivity contribution is 5.86. The number of nitrogens with zero attached hydrogens (tertiary/aromatic N) is 2. The van der Waals surface area contributed by atoms with Crippen LogP contribution < -0.4 is 0 Å². The van der Waals surface area contributed by atoms with Crippen molar-refractivity contribution in [2.75, 3.05) is 13.1 Å². The predicted molar refractivity (Wildman–Crippen MR) is 170 cm³/mol. The molecule has 2 aromatic carbocycles. The van der Waals surface area contributed by atoms with Gasteiger partial charge in [0, 0.05) is 34.7 Å². The number of hydrogen-bond donors (Lipinski definition) is 2. The quantitative estimate of drug-likeness (QED) is 0.263. The first kappa shape index (κ1) is 27.0. The van der Waals surface area contributed by atoms with Crippen molar-refractivity contribution in [3.63, 3.8) is 0 Å². The van der Waals surface area contributed by atoms with E-state index >= 15 is 0 Å². The zero-order valence-electron chi connectivity index (χ0n) is 25.6. The van der Waals surface area contributed by atoms with Crippen LogP contribution in [0.25, 0.3) is 0 Å². The minimum Gasteiger partial charge on any atom is -0.507 e. The Hall–Kier alpha value is -2.62. The van der Waals surface area contributed by atoms with E-state index in [1.54, 1.807) is 0 Å². The maximum Gasteiger partial charge on any atom is 0.128 e. The third-order valence-electron chi connectivity index (χ3n) is 12.6. The van der Waals surface area contributed by atoms with E-state index in [1.807, 2.05) is 12.4 Å². The van der Waals surface area contributed by atoms with E-state index in [0.717, 1.165) is 46.6 Å². The van der Waals surface area contributed by atoms with E-state index in [4.69, 9.17) is 0 Å². The highest BCUT2D eigenvalue weighted by Crippen LogP contribution is 2.63. The van der Waals surface area contributed by atoms with Crippen molar-refractivity contribution in [1.29, 1.82) is 0 Å². The zero-order valence-corrected chi connectivity index (χ0v) is 25.6. The van der Waals surface area contributed by atoms with Gasteiger partial charge in [-0.05, 0) is 160 Å². The van der Waals surface area contributed by atoms with E-state index in [0.29, 0.717) is 24.6 Å². The normalized spacial score (nSPS) is 38.0. The lowest BCUT2D eigenvalue weighted by atomic mass is 9.48. The summed E-state index contributed by atoms with van der Waals surface area (Å²) in [7, 11) is 0. The number of rotatable bonds is 7. The van der Waals surface area contributed by atoms with Gasteiger partial charge < -0.3 is 10.2 Å². The number of hydrogen-bond acceptors (Lipinski definition) is 4. The Labute approximate surface area is 251 Å². The first-order valence-corrected chi connectivity index (χ1v) is 17.0. The molecule has 8 aliphatic rings. The minimum absolute atomic E-state index is 0.169. The summed E-state index contributed by atoms with van der Waals surface area (Å²) in [6, 6.07) is 8.66. The molecule has 0 aromatic heterocycles. The van der Waals surface area contributed by atoms with Crippen molar-refractivity contribution < 1.29 is 10.2 Å². The largest absolute Gasteiger partial charge is 0.507 e. The average molecular weight is 565 g/mol. The molecule has 2 aromatic rings. The number of aryl methyl sites for hydroxylation is 2. The van der Waals surface area contributed by atoms with Crippen LogP contribution in [0.4, 0.5) is 0 Å². The molecule has 8 aliphatic carbocycles. The Bertz CT molecular complexity index is 1270. The molecule has 0 atom stereocenters. The molecule has 0 spiro atoms. The molecule has 2 N–H and O–H groups in total. The van der Waals surface area contributed by atoms with Crippen LogP contribution in [0.15, 0.2) is 34.3 Å². The first-order valence-electron chi connectivity index (χ1n) is 17.0. The molecule has 0 heterocycles. The molecule has 0 radical (unpaired) electrons. The van der Waals surface area contributed by atoms with Crippen molar-refractivity contribution in [2.24, 2.45) is 45.5 Å². The summed E-state index contributed by atoms with van der Waals surface area (Å²) < 4.78 is 0. The molecule has 0 aliphatic heterocycles. The van der Waals surface area contributed by atoms with Gasteiger partial charge in [0.1, 0.15) is 11.5 Å². The predicted octanol–water partition coefficient (Wildman–Crippen LogP) is 8.19. The number of aliphatic imine (C=N–C) groups is 2. The van der Waals surface area contributed by atoms with Crippen LogP contribution in [-0.4, -0.2) is 35.7 Å². The lowest BCUT2D eigenvalue weighted by Gasteiger charge is -2.57. The van der Waals surface area contributed by atoms with E-state index in [1.165, 1.54) is 99.3 Å². The van der Waals surface area contributed by atoms with Crippen LogP contribution in [0, 0.1) is 49.4 Å². The second-order valence-corrected chi connectivity index (χ2v) is 16.0. The van der Waals surface area contributed by atoms with E-state index in [-0.39, 0.29) is 10.8 Å². The maximum absolute atomic E-state index is 11.4. The Balaban J connectivity index is 0.962. The van der Waals surface area contributed by atoms with Crippen LogP contribution in [0.2, 0.25) is 0 Å². The number of phenolic OH excluding ortho intramolecular Hbond substituents is 2. The Kier molecular flexibility index (Phi) is 6.39. The van der Waals surface area contributed by atoms with E-state index < -0.39 is 0 Å². The Morgan fingerprint density at radius 2 is 0.881 bits per heavy atom. The van der Waals surface area contributed by atoms with Gasteiger partial charge in [-0.1, -0.05) is 12.1 Å². The fraction of sp³-hybridized carbons (Fsp3) is 0.632. The third kappa shape index (κ3) is 4.54. The van der Waals surface area contributed by atoms with Gasteiger partial charge in [-0.3, -0.25) is 9.98 Å². The summed E-state index contributed by atoms with van der Waals surface area (Å²) in [4.78, 5) is 9.37. The summed E-state index contributed by atoms with van der Waals surface area (Å²) in [6.45, 7) is 5.42. The summed E-state index contributed by atoms with van der Waals surface area (Å²) in [5.74, 6) is 6.01. The van der Waals surface area contributed by atoms with Gasteiger partial charge in [0.05, 0.1) is 13.1 Å². The molecule has 10 rings (SSSR count). The second kappa shape index (κ2) is 9.96. The molecule has 4 heteroatoms. The molecular formula is C38H48N2O2. The fourth-order valence-corrected chi connectivity index (χ4v) is 11.9. The van der Waals surface area contributed by atoms with Crippen LogP contribution in [0.1, 0.15) is 110 Å². The highest BCUT2D eigenvalue weighted by atomic mass is 16.3. The maximum atomic E-state index is 11.4. The lowest BCUT2D eigenvalue weighted by Crippen LogP contribution is -2.48. The summed E-state index contributed by atoms with van der Waals surface area (Å²) >= 11 is 0. The summed E-state index contributed by atoms with van der Waals surface area (Å²) in [6.07, 6.45) is 19.6. The first-order chi connectivity index (χ1) is 20.3. The molecule has 4 nitrogen and oxygen atoms in total. The topological polar surface area (TPSA) is 65.2 Å². The smallest absolute Gasteiger partial charge is 0.128 e. The monoisotopic (exact) mass is 564 g/mol. The molecule has 8 saturated carbocycles. The molecule has 42 heavy (non-hydrogen) atoms. The summed E-state index contributed by atoms with van der Waals surface area (Å²) in [5.41, 5.74) is 6.83. The molecule has 8 bridgehead atoms. The molecule has 0 amide bonds. The van der Waals surface area contributed by atoms with Crippen molar-refractivity contribution in [1.82, 2.24) is 0 Å². The van der Waals surface area contributed by atoms with Gasteiger partial charge in [0.25, 0.3) is 0 Å². The second-order valence-electron chi connectivity index (χ2n) is 16.0. The van der Waals surface area contributed by atoms with Gasteiger partial charge in [-0.15, -0.1) is 0 Å². The summed E-state index contributed by atoms with van der Waals surface area (Å²) in [5, 5.41) is 22.9. The molecule has 8 fully saturated rings. The van der Waals surface area contributed by atoms with Gasteiger partial charge in [-0.2, -0.15) is 0 Å². The van der Waals surface area contributed by atoms with Crippen molar-refractivity contribution in [2.45, 2.75) is 102 Å². The zero-order chi connectivity index (χ0) is 28.6. The Morgan fingerprint density at radius 1 is 0.571 bits per heavy atom.